The zero-order valence-corrected chi connectivity index (χ0v) is 11.8. The molecule has 2 nitrogen and oxygen atoms in total. The summed E-state index contributed by atoms with van der Waals surface area (Å²) in [6, 6.07) is 5.33. The molecule has 0 unspecified atom stereocenters. The lowest BCUT2D eigenvalue weighted by Crippen LogP contribution is -2.22. The first-order valence-electron chi connectivity index (χ1n) is 5.93. The topological polar surface area (TPSA) is 21.3 Å². The zero-order valence-electron chi connectivity index (χ0n) is 10.3. The van der Waals surface area contributed by atoms with Crippen molar-refractivity contribution in [3.8, 4) is 5.75 Å². The van der Waals surface area contributed by atoms with Crippen LogP contribution in [-0.2, 0) is 0 Å². The van der Waals surface area contributed by atoms with Crippen LogP contribution in [-0.4, -0.2) is 19.7 Å². The molecule has 1 atom stereocenters. The highest BCUT2D eigenvalue weighted by Gasteiger charge is 2.11. The molecular weight excluding hydrogens is 257 g/mol. The van der Waals surface area contributed by atoms with Crippen molar-refractivity contribution < 1.29 is 4.74 Å². The normalized spacial score (nSPS) is 12.5. The summed E-state index contributed by atoms with van der Waals surface area (Å²) in [6.07, 6.45) is 3.30. The van der Waals surface area contributed by atoms with Crippen LogP contribution in [0.25, 0.3) is 0 Å². The number of benzene rings is 1. The van der Waals surface area contributed by atoms with Crippen molar-refractivity contribution in [2.24, 2.45) is 0 Å². The van der Waals surface area contributed by atoms with Crippen LogP contribution in [0.5, 0.6) is 5.75 Å². The number of ether oxygens (including phenoxy) is 1. The van der Waals surface area contributed by atoms with E-state index in [1.54, 1.807) is 12.1 Å². The first-order chi connectivity index (χ1) is 8.17. The van der Waals surface area contributed by atoms with Gasteiger partial charge in [0.15, 0.2) is 0 Å². The molecule has 96 valence electrons. The molecule has 0 aliphatic heterocycles. The van der Waals surface area contributed by atoms with E-state index in [1.165, 1.54) is 0 Å². The van der Waals surface area contributed by atoms with Crippen LogP contribution in [0.15, 0.2) is 18.2 Å². The van der Waals surface area contributed by atoms with Gasteiger partial charge in [-0.2, -0.15) is 0 Å². The lowest BCUT2D eigenvalue weighted by atomic mass is 10.1. The summed E-state index contributed by atoms with van der Waals surface area (Å²) >= 11 is 11.9. The molecule has 4 heteroatoms. The van der Waals surface area contributed by atoms with E-state index < -0.39 is 0 Å². The second-order valence-electron chi connectivity index (χ2n) is 4.00. The van der Waals surface area contributed by atoms with Gasteiger partial charge in [-0.3, -0.25) is 0 Å². The van der Waals surface area contributed by atoms with E-state index in [4.69, 9.17) is 27.9 Å². The number of nitrogens with one attached hydrogen (secondary N) is 1. The average molecular weight is 276 g/mol. The third-order valence-electron chi connectivity index (χ3n) is 2.51. The van der Waals surface area contributed by atoms with Crippen molar-refractivity contribution in [1.29, 1.82) is 0 Å². The first-order valence-corrected chi connectivity index (χ1v) is 6.69. The summed E-state index contributed by atoms with van der Waals surface area (Å²) in [5.41, 5.74) is 0. The molecule has 0 fully saturated rings. The maximum absolute atomic E-state index is 6.08. The second kappa shape index (κ2) is 7.80. The quantitative estimate of drug-likeness (QED) is 0.807. The van der Waals surface area contributed by atoms with Crippen LogP contribution in [0.4, 0.5) is 0 Å². The number of rotatable bonds is 7. The monoisotopic (exact) mass is 275 g/mol. The highest BCUT2D eigenvalue weighted by atomic mass is 35.5. The van der Waals surface area contributed by atoms with Crippen molar-refractivity contribution in [2.75, 3.05) is 13.6 Å². The van der Waals surface area contributed by atoms with E-state index in [9.17, 15) is 0 Å². The van der Waals surface area contributed by atoms with Gasteiger partial charge in [-0.15, -0.1) is 0 Å². The highest BCUT2D eigenvalue weighted by Crippen LogP contribution is 2.29. The third kappa shape index (κ3) is 5.15. The van der Waals surface area contributed by atoms with E-state index in [-0.39, 0.29) is 6.10 Å². The van der Waals surface area contributed by atoms with Crippen LogP contribution in [0.1, 0.15) is 26.2 Å². The Morgan fingerprint density at radius 3 is 2.65 bits per heavy atom. The molecule has 0 bridgehead atoms. The number of hydrogen-bond acceptors (Lipinski definition) is 2. The summed E-state index contributed by atoms with van der Waals surface area (Å²) in [7, 11) is 1.94. The summed E-state index contributed by atoms with van der Waals surface area (Å²) in [5.74, 6) is 0.714. The molecule has 1 rings (SSSR count). The Bertz CT molecular complexity index is 344. The van der Waals surface area contributed by atoms with Crippen molar-refractivity contribution in [3.63, 3.8) is 0 Å². The molecular formula is C13H19Cl2NO. The van der Waals surface area contributed by atoms with Gasteiger partial charge in [-0.1, -0.05) is 36.5 Å². The van der Waals surface area contributed by atoms with E-state index in [2.05, 4.69) is 12.2 Å². The summed E-state index contributed by atoms with van der Waals surface area (Å²) < 4.78 is 5.91. The SMILES string of the molecule is CCC[C@H](CCNC)Oc1ccc(Cl)cc1Cl. The number of halogens is 2. The molecule has 0 aromatic heterocycles. The smallest absolute Gasteiger partial charge is 0.138 e. The Morgan fingerprint density at radius 1 is 1.29 bits per heavy atom. The van der Waals surface area contributed by atoms with E-state index in [1.807, 2.05) is 13.1 Å². The Kier molecular flexibility index (Phi) is 6.71. The summed E-state index contributed by atoms with van der Waals surface area (Å²) in [5, 5.41) is 4.33. The minimum Gasteiger partial charge on any atom is -0.489 e. The van der Waals surface area contributed by atoms with Crippen LogP contribution in [0.3, 0.4) is 0 Å². The van der Waals surface area contributed by atoms with Gasteiger partial charge in [0.05, 0.1) is 11.1 Å². The lowest BCUT2D eigenvalue weighted by molar-refractivity contribution is 0.180. The molecule has 1 N–H and O–H groups in total. The molecule has 0 saturated carbocycles. The fraction of sp³-hybridized carbons (Fsp3) is 0.538. The van der Waals surface area contributed by atoms with Gasteiger partial charge in [0.1, 0.15) is 5.75 Å². The molecule has 0 saturated heterocycles. The molecule has 0 aliphatic carbocycles. The Balaban J connectivity index is 2.64. The fourth-order valence-electron chi connectivity index (χ4n) is 1.64. The van der Waals surface area contributed by atoms with Crippen LogP contribution < -0.4 is 10.1 Å². The first kappa shape index (κ1) is 14.6. The van der Waals surface area contributed by atoms with Gasteiger partial charge in [0, 0.05) is 5.02 Å². The summed E-state index contributed by atoms with van der Waals surface area (Å²) in [4.78, 5) is 0. The predicted octanol–water partition coefficient (Wildman–Crippen LogP) is 4.15. The minimum atomic E-state index is 0.200. The molecule has 0 spiro atoms. The standard InChI is InChI=1S/C13H19Cl2NO/c1-3-4-11(7-8-16-2)17-13-6-5-10(14)9-12(13)15/h5-6,9,11,16H,3-4,7-8H2,1-2H3/t11-/m1/s1. The lowest BCUT2D eigenvalue weighted by Gasteiger charge is -2.19. The van der Waals surface area contributed by atoms with Crippen molar-refractivity contribution in [1.82, 2.24) is 5.32 Å². The molecule has 0 aliphatic rings. The van der Waals surface area contributed by atoms with Gasteiger partial charge in [0.25, 0.3) is 0 Å². The van der Waals surface area contributed by atoms with Crippen LogP contribution in [0, 0.1) is 0 Å². The van der Waals surface area contributed by atoms with Gasteiger partial charge < -0.3 is 10.1 Å². The van der Waals surface area contributed by atoms with Crippen molar-refractivity contribution >= 4 is 23.2 Å². The molecule has 0 amide bonds. The Labute approximate surface area is 113 Å². The predicted molar refractivity (Wildman–Crippen MR) is 74.3 cm³/mol. The summed E-state index contributed by atoms with van der Waals surface area (Å²) in [6.45, 7) is 3.09. The van der Waals surface area contributed by atoms with Gasteiger partial charge >= 0.3 is 0 Å². The third-order valence-corrected chi connectivity index (χ3v) is 3.04. The Hall–Kier alpha value is -0.440. The minimum absolute atomic E-state index is 0.200. The van der Waals surface area contributed by atoms with E-state index >= 15 is 0 Å². The van der Waals surface area contributed by atoms with Crippen molar-refractivity contribution in [3.05, 3.63) is 28.2 Å². The molecule has 17 heavy (non-hydrogen) atoms. The zero-order chi connectivity index (χ0) is 12.7. The van der Waals surface area contributed by atoms with Gasteiger partial charge in [0.2, 0.25) is 0 Å². The second-order valence-corrected chi connectivity index (χ2v) is 4.84. The average Bonchev–Trinajstić information content (AvgIpc) is 2.29. The molecule has 1 aromatic carbocycles. The van der Waals surface area contributed by atoms with E-state index in [0.717, 1.165) is 25.8 Å². The van der Waals surface area contributed by atoms with Gasteiger partial charge in [-0.25, -0.2) is 0 Å². The highest BCUT2D eigenvalue weighted by molar-refractivity contribution is 6.35. The van der Waals surface area contributed by atoms with Crippen molar-refractivity contribution in [2.45, 2.75) is 32.3 Å². The molecule has 1 aromatic rings. The number of hydrogen-bond donors (Lipinski definition) is 1. The Morgan fingerprint density at radius 2 is 2.06 bits per heavy atom. The van der Waals surface area contributed by atoms with E-state index in [0.29, 0.717) is 15.8 Å². The largest absolute Gasteiger partial charge is 0.489 e. The maximum atomic E-state index is 6.08. The molecule has 0 radical (unpaired) electrons. The van der Waals surface area contributed by atoms with Crippen LogP contribution >= 0.6 is 23.2 Å². The molecule has 0 heterocycles. The maximum Gasteiger partial charge on any atom is 0.138 e. The van der Waals surface area contributed by atoms with Crippen LogP contribution in [0.2, 0.25) is 10.0 Å². The van der Waals surface area contributed by atoms with Gasteiger partial charge in [-0.05, 0) is 44.6 Å². The fourth-order valence-corrected chi connectivity index (χ4v) is 2.09.